The molecule has 5 heteroatoms. The number of aliphatic hydroxyl groups excluding tert-OH is 1. The Balaban J connectivity index is 0.000000512. The molecule has 2 aliphatic carbocycles. The molecule has 2 aromatic rings. The predicted molar refractivity (Wildman–Crippen MR) is 172 cm³/mol. The van der Waals surface area contributed by atoms with Gasteiger partial charge in [0.15, 0.2) is 0 Å². The fraction of sp³-hybridized carbons (Fsp3) is 0.543. The van der Waals surface area contributed by atoms with Gasteiger partial charge < -0.3 is 10.8 Å². The minimum Gasteiger partial charge on any atom is -0.516 e. The molecule has 0 bridgehead atoms. The molecule has 2 aliphatic rings. The number of hydrogen-bond acceptors (Lipinski definition) is 4. The van der Waals surface area contributed by atoms with Gasteiger partial charge in [0.1, 0.15) is 5.82 Å². The van der Waals surface area contributed by atoms with Crippen LogP contribution in [-0.2, 0) is 19.3 Å². The number of rotatable bonds is 7. The monoisotopic (exact) mass is 549 g/mol. The van der Waals surface area contributed by atoms with Gasteiger partial charge in [-0.15, -0.1) is 0 Å². The standard InChI is InChI=1S/C24H30N2O.C7H15N.C2H4O.C2H6/c1-4-13-20-21(5-2)25-22(6-3)26(24(20)27)23(18-14-9-7-10-15-18)19-16-11-8-12-17-19;1-6-2-4-7(8)5-3-6;1-2-3;1-2/h7,9-11,14-17,23H,4-6,8,12-13H2,1-3H3;6-7H,2-5,8H2,1H3;2-3H,1H2;1-2H3. The molecule has 1 aromatic heterocycles. The predicted octanol–water partition coefficient (Wildman–Crippen LogP) is 8.42. The van der Waals surface area contributed by atoms with E-state index in [2.05, 4.69) is 64.6 Å². The first kappa shape index (κ1) is 35.1. The van der Waals surface area contributed by atoms with Crippen LogP contribution in [0, 0.1) is 5.92 Å². The second kappa shape index (κ2) is 20.0. The van der Waals surface area contributed by atoms with Crippen LogP contribution in [-0.4, -0.2) is 20.7 Å². The molecule has 5 nitrogen and oxygen atoms in total. The van der Waals surface area contributed by atoms with Gasteiger partial charge in [-0.2, -0.15) is 0 Å². The summed E-state index contributed by atoms with van der Waals surface area (Å²) in [5.41, 5.74) is 10.0. The molecule has 40 heavy (non-hydrogen) atoms. The fourth-order valence-electron chi connectivity index (χ4n) is 5.22. The van der Waals surface area contributed by atoms with Crippen molar-refractivity contribution in [3.8, 4) is 0 Å². The summed E-state index contributed by atoms with van der Waals surface area (Å²) in [5.74, 6) is 1.82. The molecule has 222 valence electrons. The lowest BCUT2D eigenvalue weighted by Gasteiger charge is -2.27. The van der Waals surface area contributed by atoms with Crippen molar-refractivity contribution in [1.29, 1.82) is 0 Å². The molecule has 4 rings (SSSR count). The summed E-state index contributed by atoms with van der Waals surface area (Å²) >= 11 is 0. The van der Waals surface area contributed by atoms with Gasteiger partial charge in [0, 0.05) is 18.0 Å². The van der Waals surface area contributed by atoms with E-state index in [9.17, 15) is 4.79 Å². The van der Waals surface area contributed by atoms with Crippen LogP contribution in [0.1, 0.15) is 115 Å². The van der Waals surface area contributed by atoms with Crippen LogP contribution >= 0.6 is 0 Å². The molecule has 0 spiro atoms. The number of hydrogen-bond donors (Lipinski definition) is 2. The Labute approximate surface area is 243 Å². The van der Waals surface area contributed by atoms with Crippen molar-refractivity contribution in [3.05, 3.63) is 100.0 Å². The highest BCUT2D eigenvalue weighted by Gasteiger charge is 2.24. The van der Waals surface area contributed by atoms with Gasteiger partial charge in [-0.3, -0.25) is 9.36 Å². The number of nitrogens with two attached hydrogens (primary N) is 1. The summed E-state index contributed by atoms with van der Waals surface area (Å²) in [6.45, 7) is 15.5. The van der Waals surface area contributed by atoms with E-state index in [4.69, 9.17) is 15.8 Å². The van der Waals surface area contributed by atoms with Gasteiger partial charge in [0.05, 0.1) is 18.0 Å². The van der Waals surface area contributed by atoms with Crippen LogP contribution in [0.4, 0.5) is 0 Å². The Hall–Kier alpha value is -2.92. The van der Waals surface area contributed by atoms with E-state index in [-0.39, 0.29) is 11.6 Å². The lowest BCUT2D eigenvalue weighted by atomic mass is 9.88. The third-order valence-electron chi connectivity index (χ3n) is 7.29. The molecule has 0 radical (unpaired) electrons. The Bertz CT molecular complexity index is 1080. The van der Waals surface area contributed by atoms with Crippen molar-refractivity contribution in [3.63, 3.8) is 0 Å². The Morgan fingerprint density at radius 2 is 1.70 bits per heavy atom. The van der Waals surface area contributed by atoms with E-state index in [1.807, 2.05) is 36.6 Å². The molecule has 1 aromatic carbocycles. The smallest absolute Gasteiger partial charge is 0.257 e. The molecule has 0 amide bonds. The third-order valence-corrected chi connectivity index (χ3v) is 7.29. The number of aliphatic hydroxyl groups is 1. The summed E-state index contributed by atoms with van der Waals surface area (Å²) in [4.78, 5) is 18.6. The van der Waals surface area contributed by atoms with Crippen molar-refractivity contribution in [2.45, 2.75) is 118 Å². The van der Waals surface area contributed by atoms with E-state index in [0.717, 1.165) is 73.4 Å². The van der Waals surface area contributed by atoms with Gasteiger partial charge in [-0.25, -0.2) is 4.98 Å². The molecule has 0 aliphatic heterocycles. The third kappa shape index (κ3) is 10.6. The number of nitrogens with zero attached hydrogens (tertiary/aromatic N) is 2. The Kier molecular flexibility index (Phi) is 17.6. The van der Waals surface area contributed by atoms with Gasteiger partial charge in [-0.1, -0.05) is 103 Å². The largest absolute Gasteiger partial charge is 0.516 e. The average molecular weight is 550 g/mol. The van der Waals surface area contributed by atoms with Gasteiger partial charge in [0.25, 0.3) is 5.56 Å². The molecular weight excluding hydrogens is 494 g/mol. The van der Waals surface area contributed by atoms with Crippen molar-refractivity contribution in [2.24, 2.45) is 11.7 Å². The number of benzene rings is 1. The molecule has 1 heterocycles. The van der Waals surface area contributed by atoms with Gasteiger partial charge in [-0.05, 0) is 68.4 Å². The van der Waals surface area contributed by atoms with Crippen LogP contribution in [0.25, 0.3) is 0 Å². The molecule has 1 unspecified atom stereocenters. The first-order valence-corrected chi connectivity index (χ1v) is 15.5. The maximum atomic E-state index is 13.6. The summed E-state index contributed by atoms with van der Waals surface area (Å²) in [7, 11) is 0. The maximum absolute atomic E-state index is 13.6. The zero-order chi connectivity index (χ0) is 29.9. The van der Waals surface area contributed by atoms with E-state index in [1.165, 1.54) is 31.3 Å². The summed E-state index contributed by atoms with van der Waals surface area (Å²) in [6, 6.07) is 10.8. The second-order valence-corrected chi connectivity index (χ2v) is 10.3. The second-order valence-electron chi connectivity index (χ2n) is 10.3. The maximum Gasteiger partial charge on any atom is 0.257 e. The van der Waals surface area contributed by atoms with Crippen molar-refractivity contribution in [2.75, 3.05) is 0 Å². The van der Waals surface area contributed by atoms with E-state index in [1.54, 1.807) is 0 Å². The Morgan fingerprint density at radius 1 is 1.07 bits per heavy atom. The lowest BCUT2D eigenvalue weighted by Crippen LogP contribution is -2.34. The highest BCUT2D eigenvalue weighted by Crippen LogP contribution is 2.30. The van der Waals surface area contributed by atoms with E-state index < -0.39 is 0 Å². The van der Waals surface area contributed by atoms with E-state index in [0.29, 0.717) is 6.04 Å². The highest BCUT2D eigenvalue weighted by atomic mass is 16.2. The normalized spacial score (nSPS) is 18.4. The Morgan fingerprint density at radius 3 is 2.17 bits per heavy atom. The van der Waals surface area contributed by atoms with Crippen molar-refractivity contribution in [1.82, 2.24) is 9.55 Å². The molecular formula is C35H55N3O2. The zero-order valence-electron chi connectivity index (χ0n) is 26.0. The lowest BCUT2D eigenvalue weighted by molar-refractivity contribution is 0.348. The average Bonchev–Trinajstić information content (AvgIpc) is 2.99. The van der Waals surface area contributed by atoms with Crippen LogP contribution in [0.5, 0.6) is 0 Å². The first-order valence-electron chi connectivity index (χ1n) is 15.5. The van der Waals surface area contributed by atoms with Crippen LogP contribution in [0.15, 0.2) is 71.8 Å². The zero-order valence-corrected chi connectivity index (χ0v) is 26.0. The minimum atomic E-state index is -0.112. The van der Waals surface area contributed by atoms with Crippen molar-refractivity contribution < 1.29 is 5.11 Å². The topological polar surface area (TPSA) is 81.1 Å². The number of aryl methyl sites for hydroxylation is 2. The molecule has 1 fully saturated rings. The molecule has 0 saturated heterocycles. The van der Waals surface area contributed by atoms with Crippen LogP contribution in [0.3, 0.4) is 0 Å². The van der Waals surface area contributed by atoms with Crippen LogP contribution < -0.4 is 11.3 Å². The quantitative estimate of drug-likeness (QED) is 0.340. The van der Waals surface area contributed by atoms with E-state index >= 15 is 0 Å². The summed E-state index contributed by atoms with van der Waals surface area (Å²) in [5, 5.41) is 7.33. The van der Waals surface area contributed by atoms with Gasteiger partial charge >= 0.3 is 0 Å². The SMILES string of the molecule is C=CO.CC.CC1CCC(N)CC1.CCCc1c(CC)nc(CC)n(C(C2=CCCC=C2)c2ccccc2)c1=O. The molecule has 1 atom stereocenters. The molecule has 1 saturated carbocycles. The van der Waals surface area contributed by atoms with Crippen molar-refractivity contribution >= 4 is 0 Å². The first-order chi connectivity index (χ1) is 19.4. The highest BCUT2D eigenvalue weighted by molar-refractivity contribution is 5.38. The summed E-state index contributed by atoms with van der Waals surface area (Å²) in [6.07, 6.45) is 18.0. The van der Waals surface area contributed by atoms with Crippen LogP contribution in [0.2, 0.25) is 0 Å². The van der Waals surface area contributed by atoms with Gasteiger partial charge in [0.2, 0.25) is 0 Å². The number of allylic oxidation sites excluding steroid dienone is 4. The fourth-order valence-corrected chi connectivity index (χ4v) is 5.22. The minimum absolute atomic E-state index is 0.112. The number of aromatic nitrogens is 2. The molecule has 3 N–H and O–H groups in total. The summed E-state index contributed by atoms with van der Waals surface area (Å²) < 4.78 is 1.96.